The van der Waals surface area contributed by atoms with E-state index < -0.39 is 51.8 Å². The highest BCUT2D eigenvalue weighted by Crippen LogP contribution is 2.22. The van der Waals surface area contributed by atoms with Gasteiger partial charge in [0.15, 0.2) is 5.03 Å². The summed E-state index contributed by atoms with van der Waals surface area (Å²) in [6.07, 6.45) is 2.97. The lowest BCUT2D eigenvalue weighted by Crippen LogP contribution is -2.60. The standard InChI is InChI=1S/C23H30N6O7S2/c1-28-11-19(25-14-28)38(35,36)27-16-7-8-29(20(30)12-37-13-21(31)32)18(10-16)23(34)26-17(22(24)33)9-15-5-3-2-4-6-15/h2-6,11,14,16-18,27H,7-10,12-13H2,1H3,(H2,24,33)(H,26,34)(H,31,32). The van der Waals surface area contributed by atoms with Gasteiger partial charge in [0.25, 0.3) is 10.0 Å². The number of aryl methyl sites for hydroxylation is 1. The third-order valence-electron chi connectivity index (χ3n) is 5.90. The lowest BCUT2D eigenvalue weighted by Gasteiger charge is -2.39. The molecule has 2 aromatic rings. The number of benzene rings is 1. The number of hydrogen-bond donors (Lipinski definition) is 4. The summed E-state index contributed by atoms with van der Waals surface area (Å²) >= 11 is 0.889. The van der Waals surface area contributed by atoms with E-state index in [1.54, 1.807) is 37.4 Å². The SMILES string of the molecule is Cn1cnc(S(=O)(=O)NC2CCN(C(=O)CSCC(=O)O)C(C(=O)NC(Cc3ccccc3)C(N)=O)C2)c1. The van der Waals surface area contributed by atoms with E-state index in [-0.39, 0.29) is 42.3 Å². The summed E-state index contributed by atoms with van der Waals surface area (Å²) in [6, 6.07) is 6.05. The second-order valence-corrected chi connectivity index (χ2v) is 11.5. The van der Waals surface area contributed by atoms with Crippen LogP contribution in [-0.4, -0.2) is 87.8 Å². The Balaban J connectivity index is 1.77. The number of carbonyl (C=O) groups excluding carboxylic acids is 3. The van der Waals surface area contributed by atoms with Crippen LogP contribution in [0.25, 0.3) is 0 Å². The summed E-state index contributed by atoms with van der Waals surface area (Å²) < 4.78 is 29.6. The summed E-state index contributed by atoms with van der Waals surface area (Å²) in [5.41, 5.74) is 6.30. The van der Waals surface area contributed by atoms with Crippen LogP contribution in [0.5, 0.6) is 0 Å². The smallest absolute Gasteiger partial charge is 0.313 e. The van der Waals surface area contributed by atoms with Crippen molar-refractivity contribution < 1.29 is 32.7 Å². The van der Waals surface area contributed by atoms with Crippen molar-refractivity contribution in [3.05, 3.63) is 48.4 Å². The van der Waals surface area contributed by atoms with Gasteiger partial charge >= 0.3 is 5.97 Å². The molecule has 3 amide bonds. The van der Waals surface area contributed by atoms with Crippen LogP contribution in [0.15, 0.2) is 47.9 Å². The van der Waals surface area contributed by atoms with Crippen LogP contribution in [0, 0.1) is 0 Å². The number of carboxylic acids is 1. The van der Waals surface area contributed by atoms with Gasteiger partial charge < -0.3 is 25.6 Å². The highest BCUT2D eigenvalue weighted by molar-refractivity contribution is 8.00. The zero-order chi connectivity index (χ0) is 27.9. The number of carbonyl (C=O) groups is 4. The van der Waals surface area contributed by atoms with Gasteiger partial charge in [-0.05, 0) is 18.4 Å². The molecule has 38 heavy (non-hydrogen) atoms. The van der Waals surface area contributed by atoms with Crippen LogP contribution in [-0.2, 0) is 42.7 Å². The molecule has 13 nitrogen and oxygen atoms in total. The summed E-state index contributed by atoms with van der Waals surface area (Å²) in [7, 11) is -2.36. The van der Waals surface area contributed by atoms with Gasteiger partial charge in [0.2, 0.25) is 17.7 Å². The van der Waals surface area contributed by atoms with E-state index in [4.69, 9.17) is 10.8 Å². The van der Waals surface area contributed by atoms with Gasteiger partial charge in [-0.1, -0.05) is 30.3 Å². The van der Waals surface area contributed by atoms with Crippen molar-refractivity contribution in [3.63, 3.8) is 0 Å². The summed E-state index contributed by atoms with van der Waals surface area (Å²) in [6.45, 7) is 0.0415. The van der Waals surface area contributed by atoms with Crippen molar-refractivity contribution in [1.29, 1.82) is 0 Å². The number of aromatic nitrogens is 2. The van der Waals surface area contributed by atoms with Crippen molar-refractivity contribution in [3.8, 4) is 0 Å². The Kier molecular flexibility index (Phi) is 9.88. The van der Waals surface area contributed by atoms with Gasteiger partial charge in [-0.25, -0.2) is 18.1 Å². The molecule has 0 bridgehead atoms. The zero-order valence-corrected chi connectivity index (χ0v) is 22.3. The maximum absolute atomic E-state index is 13.4. The molecule has 0 spiro atoms. The molecule has 0 saturated carbocycles. The second kappa shape index (κ2) is 12.9. The minimum absolute atomic E-state index is 0.0415. The number of nitrogens with one attached hydrogen (secondary N) is 2. The molecule has 3 rings (SSSR count). The molecule has 15 heteroatoms. The van der Waals surface area contributed by atoms with Crippen molar-refractivity contribution in [2.45, 2.75) is 42.4 Å². The number of primary amides is 1. The molecule has 1 aliphatic rings. The summed E-state index contributed by atoms with van der Waals surface area (Å²) in [5.74, 6) is -3.44. The fourth-order valence-corrected chi connectivity index (χ4v) is 5.96. The van der Waals surface area contributed by atoms with E-state index in [0.717, 1.165) is 17.3 Å². The molecule has 1 aromatic heterocycles. The van der Waals surface area contributed by atoms with Crippen LogP contribution in [0.4, 0.5) is 0 Å². The van der Waals surface area contributed by atoms with E-state index in [0.29, 0.717) is 0 Å². The number of nitrogens with two attached hydrogens (primary N) is 1. The molecular weight excluding hydrogens is 536 g/mol. The van der Waals surface area contributed by atoms with Gasteiger partial charge in [0.1, 0.15) is 12.1 Å². The number of aliphatic carboxylic acids is 1. The zero-order valence-electron chi connectivity index (χ0n) is 20.6. The molecular formula is C23H30N6O7S2. The Labute approximate surface area is 224 Å². The van der Waals surface area contributed by atoms with E-state index in [1.165, 1.54) is 22.0 Å². The van der Waals surface area contributed by atoms with E-state index in [1.807, 2.05) is 0 Å². The van der Waals surface area contributed by atoms with Crippen LogP contribution in [0.2, 0.25) is 0 Å². The Morgan fingerprint density at radius 2 is 1.92 bits per heavy atom. The third-order valence-corrected chi connectivity index (χ3v) is 8.20. The number of rotatable bonds is 12. The topological polar surface area (TPSA) is 194 Å². The van der Waals surface area contributed by atoms with Crippen molar-refractivity contribution in [2.24, 2.45) is 12.8 Å². The predicted molar refractivity (Wildman–Crippen MR) is 138 cm³/mol. The summed E-state index contributed by atoms with van der Waals surface area (Å²) in [4.78, 5) is 54.4. The number of hydrogen-bond acceptors (Lipinski definition) is 8. The predicted octanol–water partition coefficient (Wildman–Crippen LogP) is -0.911. The molecule has 1 saturated heterocycles. The fourth-order valence-electron chi connectivity index (χ4n) is 4.08. The van der Waals surface area contributed by atoms with Crippen molar-refractivity contribution >= 4 is 45.5 Å². The number of sulfonamides is 1. The van der Waals surface area contributed by atoms with E-state index in [9.17, 15) is 27.6 Å². The first kappa shape index (κ1) is 29.1. The van der Waals surface area contributed by atoms with Crippen molar-refractivity contribution in [2.75, 3.05) is 18.1 Å². The van der Waals surface area contributed by atoms with Gasteiger partial charge in [-0.15, -0.1) is 11.8 Å². The Morgan fingerprint density at radius 3 is 2.53 bits per heavy atom. The van der Waals surface area contributed by atoms with Gasteiger partial charge in [-0.3, -0.25) is 19.2 Å². The molecule has 206 valence electrons. The average Bonchev–Trinajstić information content (AvgIpc) is 3.31. The van der Waals surface area contributed by atoms with Crippen molar-refractivity contribution in [1.82, 2.24) is 24.5 Å². The number of thioether (sulfide) groups is 1. The minimum atomic E-state index is -3.99. The molecule has 0 aliphatic carbocycles. The van der Waals surface area contributed by atoms with Gasteiger partial charge in [-0.2, -0.15) is 0 Å². The molecule has 1 fully saturated rings. The lowest BCUT2D eigenvalue weighted by atomic mass is 9.96. The maximum Gasteiger partial charge on any atom is 0.313 e. The maximum atomic E-state index is 13.4. The Bertz CT molecular complexity index is 1270. The second-order valence-electron chi connectivity index (χ2n) is 8.86. The third kappa shape index (κ3) is 8.03. The number of likely N-dealkylation sites (tertiary alicyclic amines) is 1. The summed E-state index contributed by atoms with van der Waals surface area (Å²) in [5, 5.41) is 11.3. The average molecular weight is 567 g/mol. The molecule has 3 unspecified atom stereocenters. The molecule has 1 aromatic carbocycles. The van der Waals surface area contributed by atoms with Crippen LogP contribution >= 0.6 is 11.8 Å². The molecule has 1 aliphatic heterocycles. The highest BCUT2D eigenvalue weighted by atomic mass is 32.2. The van der Waals surface area contributed by atoms with E-state index >= 15 is 0 Å². The quantitative estimate of drug-likeness (QED) is 0.252. The largest absolute Gasteiger partial charge is 0.481 e. The Morgan fingerprint density at radius 1 is 1.21 bits per heavy atom. The van der Waals surface area contributed by atoms with Gasteiger partial charge in [0.05, 0.1) is 17.8 Å². The Hall–Kier alpha value is -3.43. The highest BCUT2D eigenvalue weighted by Gasteiger charge is 2.39. The minimum Gasteiger partial charge on any atom is -0.481 e. The number of nitrogens with zero attached hydrogens (tertiary/aromatic N) is 3. The van der Waals surface area contributed by atoms with Crippen LogP contribution in [0.1, 0.15) is 18.4 Å². The van der Waals surface area contributed by atoms with Crippen LogP contribution in [0.3, 0.4) is 0 Å². The molecule has 2 heterocycles. The number of carboxylic acid groups (broad SMARTS) is 1. The fraction of sp³-hybridized carbons (Fsp3) is 0.435. The molecule has 3 atom stereocenters. The molecule has 5 N–H and O–H groups in total. The monoisotopic (exact) mass is 566 g/mol. The number of piperidine rings is 1. The first-order chi connectivity index (χ1) is 18.0. The first-order valence-electron chi connectivity index (χ1n) is 11.7. The van der Waals surface area contributed by atoms with Gasteiger partial charge in [0, 0.05) is 32.3 Å². The number of amides is 3. The van der Waals surface area contributed by atoms with E-state index in [2.05, 4.69) is 15.0 Å². The first-order valence-corrected chi connectivity index (χ1v) is 14.3. The normalized spacial score (nSPS) is 18.5. The molecule has 0 radical (unpaired) electrons. The number of imidazole rings is 1. The van der Waals surface area contributed by atoms with Crippen LogP contribution < -0.4 is 15.8 Å². The lowest BCUT2D eigenvalue weighted by molar-refractivity contribution is -0.141.